The van der Waals surface area contributed by atoms with Crippen LogP contribution in [0.4, 0.5) is 4.39 Å². The van der Waals surface area contributed by atoms with Crippen LogP contribution in [0.15, 0.2) is 54.6 Å². The highest BCUT2D eigenvalue weighted by Crippen LogP contribution is 2.29. The van der Waals surface area contributed by atoms with Crippen molar-refractivity contribution >= 4 is 33.3 Å². The summed E-state index contributed by atoms with van der Waals surface area (Å²) in [5.41, 5.74) is 0.466. The van der Waals surface area contributed by atoms with Crippen LogP contribution in [0.2, 0.25) is 0 Å². The number of halogens is 1. The molecule has 1 aromatic heterocycles. The first-order valence-electron chi connectivity index (χ1n) is 8.80. The van der Waals surface area contributed by atoms with Gasteiger partial charge in [-0.15, -0.1) is 11.3 Å². The number of fused-ring (bicyclic) bond motifs is 1. The summed E-state index contributed by atoms with van der Waals surface area (Å²) < 4.78 is 20.1. The zero-order chi connectivity index (χ0) is 18.8. The number of nitrogens with zero attached hydrogens (tertiary/aromatic N) is 1. The third-order valence-electron chi connectivity index (χ3n) is 4.56. The summed E-state index contributed by atoms with van der Waals surface area (Å²) in [6.45, 7) is -0.144. The van der Waals surface area contributed by atoms with Crippen LogP contribution in [0.3, 0.4) is 0 Å². The summed E-state index contributed by atoms with van der Waals surface area (Å²) in [6.07, 6.45) is 1.79. The normalized spacial score (nSPS) is 13.5. The van der Waals surface area contributed by atoms with Gasteiger partial charge in [-0.3, -0.25) is 4.79 Å². The largest absolute Gasteiger partial charge is 0.451 e. The molecule has 2 aromatic carbocycles. The molecule has 6 heteroatoms. The predicted octanol–water partition coefficient (Wildman–Crippen LogP) is 4.39. The highest BCUT2D eigenvalue weighted by molar-refractivity contribution is 7.20. The second-order valence-electron chi connectivity index (χ2n) is 6.57. The van der Waals surface area contributed by atoms with Crippen LogP contribution in [-0.4, -0.2) is 29.4 Å². The van der Waals surface area contributed by atoms with Gasteiger partial charge in [0.1, 0.15) is 10.7 Å². The number of amides is 1. The number of ether oxygens (including phenoxy) is 1. The number of hydrogen-bond acceptors (Lipinski definition) is 4. The van der Waals surface area contributed by atoms with Crippen LogP contribution in [0, 0.1) is 5.82 Å². The van der Waals surface area contributed by atoms with Gasteiger partial charge in [0.2, 0.25) is 0 Å². The van der Waals surface area contributed by atoms with Gasteiger partial charge in [-0.1, -0.05) is 36.4 Å². The molecule has 4 rings (SSSR count). The van der Waals surface area contributed by atoms with Crippen molar-refractivity contribution in [2.24, 2.45) is 0 Å². The van der Waals surface area contributed by atoms with E-state index in [9.17, 15) is 14.0 Å². The Hall–Kier alpha value is -2.73. The molecule has 0 atom stereocenters. The van der Waals surface area contributed by atoms with E-state index >= 15 is 0 Å². The summed E-state index contributed by atoms with van der Waals surface area (Å²) >= 11 is 1.34. The second-order valence-corrected chi connectivity index (χ2v) is 7.65. The van der Waals surface area contributed by atoms with Gasteiger partial charge in [0.05, 0.1) is 0 Å². The van der Waals surface area contributed by atoms with Gasteiger partial charge in [-0.05, 0) is 36.4 Å². The molecule has 0 N–H and O–H groups in total. The molecular formula is C21H18FNO3S. The summed E-state index contributed by atoms with van der Waals surface area (Å²) in [6, 6.07) is 16.0. The van der Waals surface area contributed by atoms with E-state index in [-0.39, 0.29) is 30.9 Å². The molecule has 0 spiro atoms. The summed E-state index contributed by atoms with van der Waals surface area (Å²) in [7, 11) is 0. The number of benzene rings is 2. The Morgan fingerprint density at radius 3 is 2.59 bits per heavy atom. The molecule has 0 unspecified atom stereocenters. The van der Waals surface area contributed by atoms with Crippen molar-refractivity contribution in [2.45, 2.75) is 25.4 Å². The zero-order valence-corrected chi connectivity index (χ0v) is 15.4. The number of carbonyl (C=O) groups excluding carboxylic acids is 2. The van der Waals surface area contributed by atoms with Crippen LogP contribution >= 0.6 is 11.3 Å². The molecule has 1 amide bonds. The van der Waals surface area contributed by atoms with Gasteiger partial charge < -0.3 is 9.64 Å². The van der Waals surface area contributed by atoms with Gasteiger partial charge in [-0.2, -0.15) is 0 Å². The molecule has 27 heavy (non-hydrogen) atoms. The average molecular weight is 383 g/mol. The van der Waals surface area contributed by atoms with E-state index < -0.39 is 5.97 Å². The quantitative estimate of drug-likeness (QED) is 0.593. The lowest BCUT2D eigenvalue weighted by molar-refractivity contribution is -0.135. The Morgan fingerprint density at radius 2 is 1.85 bits per heavy atom. The molecule has 0 saturated heterocycles. The SMILES string of the molecule is O=C(OCC(=O)N(Cc1ccccc1F)C1CC1)c1cc2ccccc2s1. The topological polar surface area (TPSA) is 46.6 Å². The molecule has 0 bridgehead atoms. The van der Waals surface area contributed by atoms with Crippen molar-refractivity contribution in [2.75, 3.05) is 6.61 Å². The number of rotatable bonds is 6. The molecular weight excluding hydrogens is 365 g/mol. The molecule has 1 saturated carbocycles. The van der Waals surface area contributed by atoms with E-state index in [0.717, 1.165) is 22.9 Å². The number of esters is 1. The maximum atomic E-state index is 13.9. The predicted molar refractivity (Wildman–Crippen MR) is 102 cm³/mol. The third kappa shape index (κ3) is 4.01. The van der Waals surface area contributed by atoms with Crippen LogP contribution in [-0.2, 0) is 16.1 Å². The van der Waals surface area contributed by atoms with Gasteiger partial charge in [0.25, 0.3) is 5.91 Å². The lowest BCUT2D eigenvalue weighted by Crippen LogP contribution is -2.36. The van der Waals surface area contributed by atoms with E-state index in [2.05, 4.69) is 0 Å². The average Bonchev–Trinajstić information content (AvgIpc) is 3.42. The van der Waals surface area contributed by atoms with Crippen LogP contribution in [0.5, 0.6) is 0 Å². The zero-order valence-electron chi connectivity index (χ0n) is 14.6. The molecule has 1 heterocycles. The highest BCUT2D eigenvalue weighted by atomic mass is 32.1. The molecule has 138 valence electrons. The third-order valence-corrected chi connectivity index (χ3v) is 5.66. The van der Waals surface area contributed by atoms with Gasteiger partial charge in [0, 0.05) is 22.8 Å². The van der Waals surface area contributed by atoms with Crippen molar-refractivity contribution in [3.8, 4) is 0 Å². The minimum Gasteiger partial charge on any atom is -0.451 e. The van der Waals surface area contributed by atoms with Gasteiger partial charge in [0.15, 0.2) is 6.61 Å². The maximum absolute atomic E-state index is 13.9. The van der Waals surface area contributed by atoms with Crippen molar-refractivity contribution in [1.82, 2.24) is 4.90 Å². The van der Waals surface area contributed by atoms with E-state index in [1.54, 1.807) is 29.2 Å². The van der Waals surface area contributed by atoms with E-state index in [0.29, 0.717) is 10.4 Å². The smallest absolute Gasteiger partial charge is 0.348 e. The lowest BCUT2D eigenvalue weighted by atomic mass is 10.2. The van der Waals surface area contributed by atoms with Gasteiger partial charge >= 0.3 is 5.97 Å². The number of carbonyl (C=O) groups is 2. The van der Waals surface area contributed by atoms with E-state index in [4.69, 9.17) is 4.74 Å². The Bertz CT molecular complexity index is 963. The molecule has 4 nitrogen and oxygen atoms in total. The highest BCUT2D eigenvalue weighted by Gasteiger charge is 2.33. The van der Waals surface area contributed by atoms with Gasteiger partial charge in [-0.25, -0.2) is 9.18 Å². The van der Waals surface area contributed by atoms with Crippen LogP contribution in [0.1, 0.15) is 28.1 Å². The number of thiophene rings is 1. The Morgan fingerprint density at radius 1 is 1.11 bits per heavy atom. The fourth-order valence-corrected chi connectivity index (χ4v) is 3.94. The standard InChI is InChI=1S/C21H18FNO3S/c22-17-7-3-1-6-15(17)12-23(16-9-10-16)20(24)13-26-21(25)19-11-14-5-2-4-8-18(14)27-19/h1-8,11,16H,9-10,12-13H2. The molecule has 0 radical (unpaired) electrons. The minimum absolute atomic E-state index is 0.0973. The first-order chi connectivity index (χ1) is 13.1. The summed E-state index contributed by atoms with van der Waals surface area (Å²) in [5.74, 6) is -1.14. The second kappa shape index (κ2) is 7.48. The van der Waals surface area contributed by atoms with Crippen LogP contribution in [0.25, 0.3) is 10.1 Å². The van der Waals surface area contributed by atoms with Crippen molar-refractivity contribution in [1.29, 1.82) is 0 Å². The molecule has 1 aliphatic rings. The number of hydrogen-bond donors (Lipinski definition) is 0. The van der Waals surface area contributed by atoms with Crippen molar-refractivity contribution in [3.63, 3.8) is 0 Å². The summed E-state index contributed by atoms with van der Waals surface area (Å²) in [5, 5.41) is 0.972. The summed E-state index contributed by atoms with van der Waals surface area (Å²) in [4.78, 5) is 27.0. The molecule has 1 fully saturated rings. The first-order valence-corrected chi connectivity index (χ1v) is 9.62. The first kappa shape index (κ1) is 17.7. The molecule has 3 aromatic rings. The molecule has 0 aliphatic heterocycles. The van der Waals surface area contributed by atoms with Crippen molar-refractivity contribution in [3.05, 3.63) is 70.9 Å². The van der Waals surface area contributed by atoms with E-state index in [1.165, 1.54) is 17.4 Å². The monoisotopic (exact) mass is 383 g/mol. The minimum atomic E-state index is -0.508. The maximum Gasteiger partial charge on any atom is 0.348 e. The van der Waals surface area contributed by atoms with E-state index in [1.807, 2.05) is 24.3 Å². The van der Waals surface area contributed by atoms with Crippen molar-refractivity contribution < 1.29 is 18.7 Å². The Labute approximate surface area is 160 Å². The molecule has 1 aliphatic carbocycles. The Kier molecular flexibility index (Phi) is 4.90. The Balaban J connectivity index is 1.40. The lowest BCUT2D eigenvalue weighted by Gasteiger charge is -2.22. The fraction of sp³-hybridized carbons (Fsp3) is 0.238. The van der Waals surface area contributed by atoms with Crippen LogP contribution < -0.4 is 0 Å². The fourth-order valence-electron chi connectivity index (χ4n) is 2.98.